The van der Waals surface area contributed by atoms with E-state index < -0.39 is 0 Å². The number of rotatable bonds is 2. The molecule has 2 aromatic heterocycles. The van der Waals surface area contributed by atoms with Gasteiger partial charge in [-0.15, -0.1) is 12.4 Å². The highest BCUT2D eigenvalue weighted by Gasteiger charge is 2.14. The number of hydrogen-bond acceptors (Lipinski definition) is 3. The predicted molar refractivity (Wildman–Crippen MR) is 83.8 cm³/mol. The Bertz CT molecular complexity index is 711. The van der Waals surface area contributed by atoms with E-state index >= 15 is 0 Å². The molecular weight excluding hydrogens is 272 g/mol. The molecule has 3 N–H and O–H groups in total. The van der Waals surface area contributed by atoms with Gasteiger partial charge in [0.25, 0.3) is 0 Å². The number of nitrogens with one attached hydrogen (secondary N) is 1. The quantitative estimate of drug-likeness (QED) is 0.761. The molecule has 5 heteroatoms. The van der Waals surface area contributed by atoms with E-state index in [0.717, 1.165) is 27.9 Å². The molecule has 3 rings (SSSR count). The van der Waals surface area contributed by atoms with E-state index in [1.54, 1.807) is 6.33 Å². The second kappa shape index (κ2) is 5.23. The molecule has 0 amide bonds. The van der Waals surface area contributed by atoms with E-state index in [1.807, 2.05) is 26.1 Å². The van der Waals surface area contributed by atoms with Crippen LogP contribution in [0.1, 0.15) is 19.4 Å². The zero-order valence-electron chi connectivity index (χ0n) is 11.4. The number of aromatic amines is 1. The fourth-order valence-corrected chi connectivity index (χ4v) is 2.16. The Morgan fingerprint density at radius 3 is 2.40 bits per heavy atom. The van der Waals surface area contributed by atoms with Gasteiger partial charge in [-0.2, -0.15) is 0 Å². The molecule has 3 aromatic rings. The summed E-state index contributed by atoms with van der Waals surface area (Å²) in [5.41, 5.74) is 9.73. The minimum atomic E-state index is -0.326. The van der Waals surface area contributed by atoms with E-state index in [2.05, 4.69) is 39.2 Å². The van der Waals surface area contributed by atoms with Crippen molar-refractivity contribution in [1.29, 1.82) is 0 Å². The molecular formula is C15H17ClN4. The van der Waals surface area contributed by atoms with Crippen molar-refractivity contribution >= 4 is 23.4 Å². The van der Waals surface area contributed by atoms with Crippen LogP contribution in [0.2, 0.25) is 0 Å². The highest BCUT2D eigenvalue weighted by atomic mass is 35.5. The third kappa shape index (κ3) is 2.53. The SMILES string of the molecule is CC(C)(N)c1ccc(-c2ncnc3[nH]ccc23)cc1.Cl. The van der Waals surface area contributed by atoms with Crippen LogP contribution in [0, 0.1) is 0 Å². The Morgan fingerprint density at radius 1 is 1.05 bits per heavy atom. The van der Waals surface area contributed by atoms with Gasteiger partial charge in [0.2, 0.25) is 0 Å². The summed E-state index contributed by atoms with van der Waals surface area (Å²) in [5, 5.41) is 1.03. The number of nitrogens with two attached hydrogens (primary N) is 1. The fraction of sp³-hybridized carbons (Fsp3) is 0.200. The summed E-state index contributed by atoms with van der Waals surface area (Å²) < 4.78 is 0. The predicted octanol–water partition coefficient (Wildman–Crippen LogP) is 3.24. The summed E-state index contributed by atoms with van der Waals surface area (Å²) in [7, 11) is 0. The van der Waals surface area contributed by atoms with Crippen LogP contribution < -0.4 is 5.73 Å². The van der Waals surface area contributed by atoms with E-state index in [0.29, 0.717) is 0 Å². The smallest absolute Gasteiger partial charge is 0.141 e. The van der Waals surface area contributed by atoms with Crippen molar-refractivity contribution in [2.24, 2.45) is 5.73 Å². The lowest BCUT2D eigenvalue weighted by atomic mass is 9.94. The van der Waals surface area contributed by atoms with Gasteiger partial charge in [0.05, 0.1) is 5.69 Å². The minimum absolute atomic E-state index is 0. The minimum Gasteiger partial charge on any atom is -0.346 e. The topological polar surface area (TPSA) is 67.6 Å². The Balaban J connectivity index is 0.00000147. The Kier molecular flexibility index (Phi) is 3.79. The average Bonchev–Trinajstić information content (AvgIpc) is 2.86. The molecule has 2 heterocycles. The molecule has 104 valence electrons. The summed E-state index contributed by atoms with van der Waals surface area (Å²) in [4.78, 5) is 11.7. The van der Waals surface area contributed by atoms with E-state index in [1.165, 1.54) is 0 Å². The molecule has 20 heavy (non-hydrogen) atoms. The van der Waals surface area contributed by atoms with Crippen molar-refractivity contribution in [3.05, 3.63) is 48.4 Å². The lowest BCUT2D eigenvalue weighted by Gasteiger charge is -2.19. The standard InChI is InChI=1S/C15H16N4.ClH/c1-15(2,16)11-5-3-10(4-6-11)13-12-7-8-17-14(12)19-9-18-13;/h3-9H,16H2,1-2H3,(H,17,18,19);1H. The molecule has 0 radical (unpaired) electrons. The van der Waals surface area contributed by atoms with Crippen molar-refractivity contribution in [3.63, 3.8) is 0 Å². The Labute approximate surface area is 123 Å². The van der Waals surface area contributed by atoms with Crippen LogP contribution in [0.25, 0.3) is 22.3 Å². The van der Waals surface area contributed by atoms with Gasteiger partial charge in [-0.05, 0) is 25.5 Å². The van der Waals surface area contributed by atoms with Crippen molar-refractivity contribution in [3.8, 4) is 11.3 Å². The lowest BCUT2D eigenvalue weighted by molar-refractivity contribution is 0.554. The third-order valence-electron chi connectivity index (χ3n) is 3.26. The monoisotopic (exact) mass is 288 g/mol. The first-order valence-electron chi connectivity index (χ1n) is 6.23. The highest BCUT2D eigenvalue weighted by Crippen LogP contribution is 2.26. The fourth-order valence-electron chi connectivity index (χ4n) is 2.16. The number of benzene rings is 1. The summed E-state index contributed by atoms with van der Waals surface area (Å²) >= 11 is 0. The van der Waals surface area contributed by atoms with Gasteiger partial charge in [0.1, 0.15) is 12.0 Å². The molecule has 0 aliphatic rings. The average molecular weight is 289 g/mol. The third-order valence-corrected chi connectivity index (χ3v) is 3.26. The number of halogens is 1. The second-order valence-electron chi connectivity index (χ2n) is 5.26. The molecule has 0 spiro atoms. The zero-order valence-corrected chi connectivity index (χ0v) is 12.2. The molecule has 0 saturated heterocycles. The van der Waals surface area contributed by atoms with Crippen molar-refractivity contribution in [2.75, 3.05) is 0 Å². The van der Waals surface area contributed by atoms with Crippen molar-refractivity contribution in [2.45, 2.75) is 19.4 Å². The summed E-state index contributed by atoms with van der Waals surface area (Å²) in [5.74, 6) is 0. The maximum absolute atomic E-state index is 6.09. The summed E-state index contributed by atoms with van der Waals surface area (Å²) in [6.45, 7) is 3.99. The zero-order chi connectivity index (χ0) is 13.5. The van der Waals surface area contributed by atoms with Gasteiger partial charge in [-0.1, -0.05) is 24.3 Å². The van der Waals surface area contributed by atoms with Crippen LogP contribution in [0.5, 0.6) is 0 Å². The van der Waals surface area contributed by atoms with Crippen LogP contribution in [-0.2, 0) is 5.54 Å². The van der Waals surface area contributed by atoms with Gasteiger partial charge in [0.15, 0.2) is 0 Å². The Hall–Kier alpha value is -1.91. The molecule has 0 aliphatic carbocycles. The second-order valence-corrected chi connectivity index (χ2v) is 5.26. The molecule has 0 bridgehead atoms. The van der Waals surface area contributed by atoms with Crippen molar-refractivity contribution in [1.82, 2.24) is 15.0 Å². The summed E-state index contributed by atoms with van der Waals surface area (Å²) in [6.07, 6.45) is 3.45. The number of hydrogen-bond donors (Lipinski definition) is 2. The lowest BCUT2D eigenvalue weighted by Crippen LogP contribution is -2.28. The van der Waals surface area contributed by atoms with Crippen LogP contribution in [0.15, 0.2) is 42.9 Å². The van der Waals surface area contributed by atoms with Gasteiger partial charge in [-0.25, -0.2) is 9.97 Å². The van der Waals surface area contributed by atoms with Crippen LogP contribution in [0.3, 0.4) is 0 Å². The molecule has 0 fully saturated rings. The van der Waals surface area contributed by atoms with E-state index in [9.17, 15) is 0 Å². The molecule has 0 aliphatic heterocycles. The highest BCUT2D eigenvalue weighted by molar-refractivity contribution is 5.90. The van der Waals surface area contributed by atoms with Gasteiger partial charge in [-0.3, -0.25) is 0 Å². The summed E-state index contributed by atoms with van der Waals surface area (Å²) in [6, 6.07) is 10.2. The largest absolute Gasteiger partial charge is 0.346 e. The Morgan fingerprint density at radius 2 is 1.75 bits per heavy atom. The van der Waals surface area contributed by atoms with Gasteiger partial charge >= 0.3 is 0 Å². The van der Waals surface area contributed by atoms with Crippen LogP contribution in [0.4, 0.5) is 0 Å². The van der Waals surface area contributed by atoms with Crippen LogP contribution >= 0.6 is 12.4 Å². The number of fused-ring (bicyclic) bond motifs is 1. The first-order chi connectivity index (χ1) is 9.05. The molecule has 1 aromatic carbocycles. The molecule has 0 saturated carbocycles. The number of nitrogens with zero attached hydrogens (tertiary/aromatic N) is 2. The number of aromatic nitrogens is 3. The van der Waals surface area contributed by atoms with Crippen LogP contribution in [-0.4, -0.2) is 15.0 Å². The molecule has 4 nitrogen and oxygen atoms in total. The molecule has 0 atom stereocenters. The number of H-pyrrole nitrogens is 1. The van der Waals surface area contributed by atoms with Gasteiger partial charge < -0.3 is 10.7 Å². The molecule has 0 unspecified atom stereocenters. The van der Waals surface area contributed by atoms with E-state index in [4.69, 9.17) is 5.73 Å². The first-order valence-corrected chi connectivity index (χ1v) is 6.23. The normalized spacial score (nSPS) is 11.3. The van der Waals surface area contributed by atoms with Gasteiger partial charge in [0, 0.05) is 22.7 Å². The van der Waals surface area contributed by atoms with E-state index in [-0.39, 0.29) is 17.9 Å². The maximum Gasteiger partial charge on any atom is 0.141 e. The maximum atomic E-state index is 6.09. The van der Waals surface area contributed by atoms with Crippen molar-refractivity contribution < 1.29 is 0 Å². The first kappa shape index (κ1) is 14.5.